The van der Waals surface area contributed by atoms with Gasteiger partial charge in [0, 0.05) is 5.92 Å². The normalized spacial score (nSPS) is 22.0. The van der Waals surface area contributed by atoms with Crippen LogP contribution < -0.4 is 5.73 Å². The number of hydrogen-bond donors (Lipinski definition) is 1. The second-order valence-corrected chi connectivity index (χ2v) is 6.32. The average Bonchev–Trinajstić information content (AvgIpc) is 2.79. The molecule has 2 rings (SSSR count). The van der Waals surface area contributed by atoms with Gasteiger partial charge in [-0.3, -0.25) is 0 Å². The van der Waals surface area contributed by atoms with E-state index in [1.807, 2.05) is 0 Å². The van der Waals surface area contributed by atoms with Gasteiger partial charge in [-0.05, 0) is 37.5 Å². The Hall–Kier alpha value is -0.900. The summed E-state index contributed by atoms with van der Waals surface area (Å²) in [5.41, 5.74) is 6.47. The van der Waals surface area contributed by atoms with Gasteiger partial charge in [0.2, 0.25) is 5.89 Å². The Morgan fingerprint density at radius 3 is 2.67 bits per heavy atom. The molecule has 18 heavy (non-hydrogen) atoms. The third kappa shape index (κ3) is 3.10. The third-order valence-corrected chi connectivity index (χ3v) is 4.08. The van der Waals surface area contributed by atoms with E-state index >= 15 is 0 Å². The van der Waals surface area contributed by atoms with Gasteiger partial charge < -0.3 is 10.3 Å². The van der Waals surface area contributed by atoms with Gasteiger partial charge in [-0.15, -0.1) is 0 Å². The largest absolute Gasteiger partial charge is 0.338 e. The van der Waals surface area contributed by atoms with E-state index in [0.29, 0.717) is 17.2 Å². The van der Waals surface area contributed by atoms with E-state index in [4.69, 9.17) is 10.3 Å². The zero-order chi connectivity index (χ0) is 13.2. The van der Waals surface area contributed by atoms with Crippen molar-refractivity contribution in [2.75, 3.05) is 0 Å². The summed E-state index contributed by atoms with van der Waals surface area (Å²) < 4.78 is 5.30. The summed E-state index contributed by atoms with van der Waals surface area (Å²) in [6.07, 6.45) is 6.74. The molecule has 0 aliphatic heterocycles. The summed E-state index contributed by atoms with van der Waals surface area (Å²) in [4.78, 5) is 4.50. The van der Waals surface area contributed by atoms with Gasteiger partial charge in [0.15, 0.2) is 5.82 Å². The lowest BCUT2D eigenvalue weighted by Crippen LogP contribution is -2.20. The van der Waals surface area contributed by atoms with Crippen LogP contribution in [0, 0.1) is 5.41 Å². The molecular weight excluding hydrogens is 226 g/mol. The van der Waals surface area contributed by atoms with Crippen molar-refractivity contribution in [1.29, 1.82) is 0 Å². The van der Waals surface area contributed by atoms with Crippen molar-refractivity contribution in [2.24, 2.45) is 11.1 Å². The molecule has 1 aliphatic carbocycles. The molecule has 4 heteroatoms. The van der Waals surface area contributed by atoms with Crippen molar-refractivity contribution in [3.63, 3.8) is 0 Å². The summed E-state index contributed by atoms with van der Waals surface area (Å²) in [6.45, 7) is 6.78. The van der Waals surface area contributed by atoms with Crippen molar-refractivity contribution < 1.29 is 4.52 Å². The minimum atomic E-state index is -0.101. The fourth-order valence-corrected chi connectivity index (χ4v) is 2.66. The summed E-state index contributed by atoms with van der Waals surface area (Å²) in [5.74, 6) is 1.94. The minimum Gasteiger partial charge on any atom is -0.338 e. The minimum absolute atomic E-state index is 0.101. The van der Waals surface area contributed by atoms with E-state index in [0.717, 1.165) is 31.5 Å². The lowest BCUT2D eigenvalue weighted by Gasteiger charge is -2.32. The first kappa shape index (κ1) is 13.5. The lowest BCUT2D eigenvalue weighted by molar-refractivity contribution is 0.218. The highest BCUT2D eigenvalue weighted by atomic mass is 16.5. The maximum absolute atomic E-state index is 6.00. The van der Waals surface area contributed by atoms with Crippen LogP contribution in [0.4, 0.5) is 0 Å². The van der Waals surface area contributed by atoms with Crippen molar-refractivity contribution in [3.05, 3.63) is 11.7 Å². The van der Waals surface area contributed by atoms with Gasteiger partial charge in [-0.25, -0.2) is 0 Å². The van der Waals surface area contributed by atoms with Crippen molar-refractivity contribution in [2.45, 2.75) is 71.3 Å². The molecule has 1 saturated carbocycles. The molecular formula is C14H25N3O. The number of rotatable bonds is 4. The van der Waals surface area contributed by atoms with E-state index in [-0.39, 0.29) is 6.04 Å². The molecule has 1 aromatic heterocycles. The van der Waals surface area contributed by atoms with Crippen LogP contribution in [-0.4, -0.2) is 10.1 Å². The number of hydrogen-bond acceptors (Lipinski definition) is 4. The van der Waals surface area contributed by atoms with Gasteiger partial charge in [0.1, 0.15) is 0 Å². The summed E-state index contributed by atoms with van der Waals surface area (Å²) >= 11 is 0. The van der Waals surface area contributed by atoms with Crippen molar-refractivity contribution >= 4 is 0 Å². The van der Waals surface area contributed by atoms with Crippen molar-refractivity contribution in [1.82, 2.24) is 10.1 Å². The highest BCUT2D eigenvalue weighted by Crippen LogP contribution is 2.41. The van der Waals surface area contributed by atoms with Crippen LogP contribution in [0.5, 0.6) is 0 Å². The highest BCUT2D eigenvalue weighted by molar-refractivity contribution is 5.00. The Balaban J connectivity index is 1.98. The van der Waals surface area contributed by atoms with E-state index in [2.05, 4.69) is 30.9 Å². The van der Waals surface area contributed by atoms with E-state index in [1.165, 1.54) is 12.8 Å². The van der Waals surface area contributed by atoms with Gasteiger partial charge in [0.05, 0.1) is 6.04 Å². The summed E-state index contributed by atoms with van der Waals surface area (Å²) in [6, 6.07) is -0.101. The van der Waals surface area contributed by atoms with Gasteiger partial charge in [-0.2, -0.15) is 4.98 Å². The third-order valence-electron chi connectivity index (χ3n) is 4.08. The molecule has 2 N–H and O–H groups in total. The smallest absolute Gasteiger partial charge is 0.243 e. The number of nitrogens with two attached hydrogens (primary N) is 1. The molecule has 102 valence electrons. The fourth-order valence-electron chi connectivity index (χ4n) is 2.66. The maximum atomic E-state index is 6.00. The average molecular weight is 251 g/mol. The first-order valence-electron chi connectivity index (χ1n) is 7.11. The van der Waals surface area contributed by atoms with Gasteiger partial charge in [-0.1, -0.05) is 32.3 Å². The molecule has 1 unspecified atom stereocenters. The van der Waals surface area contributed by atoms with Crippen LogP contribution in [0.3, 0.4) is 0 Å². The molecule has 1 aromatic rings. The van der Waals surface area contributed by atoms with Crippen LogP contribution in [0.2, 0.25) is 0 Å². The lowest BCUT2D eigenvalue weighted by atomic mass is 9.73. The van der Waals surface area contributed by atoms with Crippen LogP contribution >= 0.6 is 0 Å². The molecule has 1 heterocycles. The zero-order valence-electron chi connectivity index (χ0n) is 11.8. The first-order chi connectivity index (χ1) is 8.52. The Kier molecular flexibility index (Phi) is 4.05. The molecule has 0 amide bonds. The fraction of sp³-hybridized carbons (Fsp3) is 0.857. The molecule has 1 fully saturated rings. The molecule has 0 bridgehead atoms. The first-order valence-corrected chi connectivity index (χ1v) is 7.11. The monoisotopic (exact) mass is 251 g/mol. The standard InChI is InChI=1S/C14H25N3O/c1-4-5-11(15)13-16-12(17-18-13)10-6-8-14(2,3)9-7-10/h10-11H,4-9,15H2,1-3H3. The molecule has 0 aromatic carbocycles. The van der Waals surface area contributed by atoms with Crippen molar-refractivity contribution in [3.8, 4) is 0 Å². The summed E-state index contributed by atoms with van der Waals surface area (Å²) in [7, 11) is 0. The molecule has 0 radical (unpaired) electrons. The van der Waals surface area contributed by atoms with Crippen LogP contribution in [-0.2, 0) is 0 Å². The second-order valence-electron chi connectivity index (χ2n) is 6.32. The van der Waals surface area contributed by atoms with E-state index in [1.54, 1.807) is 0 Å². The molecule has 0 saturated heterocycles. The molecule has 4 nitrogen and oxygen atoms in total. The highest BCUT2D eigenvalue weighted by Gasteiger charge is 2.30. The molecule has 0 spiro atoms. The Morgan fingerprint density at radius 2 is 2.06 bits per heavy atom. The topological polar surface area (TPSA) is 64.9 Å². The summed E-state index contributed by atoms with van der Waals surface area (Å²) in [5, 5.41) is 4.12. The maximum Gasteiger partial charge on any atom is 0.243 e. The Morgan fingerprint density at radius 1 is 1.39 bits per heavy atom. The van der Waals surface area contributed by atoms with Gasteiger partial charge >= 0.3 is 0 Å². The van der Waals surface area contributed by atoms with Crippen LogP contribution in [0.1, 0.15) is 83.0 Å². The Bertz CT molecular complexity index is 376. The predicted molar refractivity (Wildman–Crippen MR) is 71.1 cm³/mol. The quantitative estimate of drug-likeness (QED) is 0.888. The van der Waals surface area contributed by atoms with E-state index in [9.17, 15) is 0 Å². The zero-order valence-corrected chi connectivity index (χ0v) is 11.8. The van der Waals surface area contributed by atoms with Crippen LogP contribution in [0.25, 0.3) is 0 Å². The second kappa shape index (κ2) is 5.39. The number of aromatic nitrogens is 2. The van der Waals surface area contributed by atoms with E-state index < -0.39 is 0 Å². The Labute approximate surface area is 109 Å². The van der Waals surface area contributed by atoms with Gasteiger partial charge in [0.25, 0.3) is 0 Å². The van der Waals surface area contributed by atoms with Crippen LogP contribution in [0.15, 0.2) is 4.52 Å². The number of nitrogens with zero attached hydrogens (tertiary/aromatic N) is 2. The predicted octanol–water partition coefficient (Wildman–Crippen LogP) is 3.55. The molecule has 1 atom stereocenters. The SMILES string of the molecule is CCCC(N)c1nc(C2CCC(C)(C)CC2)no1. The molecule has 1 aliphatic rings.